The lowest BCUT2D eigenvalue weighted by Crippen LogP contribution is -1.94. The Morgan fingerprint density at radius 1 is 1.05 bits per heavy atom. The third kappa shape index (κ3) is 3.53. The molecular formula is C13H8Cl2N2O2. The van der Waals surface area contributed by atoms with E-state index in [0.29, 0.717) is 21.3 Å². The van der Waals surface area contributed by atoms with Crippen LogP contribution in [0.4, 0.5) is 11.4 Å². The summed E-state index contributed by atoms with van der Waals surface area (Å²) in [6, 6.07) is 11.1. The second kappa shape index (κ2) is 5.82. The van der Waals surface area contributed by atoms with E-state index < -0.39 is 4.92 Å². The van der Waals surface area contributed by atoms with Gasteiger partial charge in [-0.05, 0) is 36.4 Å². The van der Waals surface area contributed by atoms with Gasteiger partial charge in [-0.1, -0.05) is 23.2 Å². The molecule has 2 aromatic rings. The minimum absolute atomic E-state index is 0.0397. The van der Waals surface area contributed by atoms with Gasteiger partial charge in [-0.15, -0.1) is 0 Å². The Balaban J connectivity index is 2.34. The van der Waals surface area contributed by atoms with Gasteiger partial charge >= 0.3 is 0 Å². The van der Waals surface area contributed by atoms with Gasteiger partial charge in [0.1, 0.15) is 0 Å². The normalized spacial score (nSPS) is 10.8. The van der Waals surface area contributed by atoms with Crippen LogP contribution < -0.4 is 0 Å². The molecule has 0 aliphatic heterocycles. The predicted molar refractivity (Wildman–Crippen MR) is 76.8 cm³/mol. The van der Waals surface area contributed by atoms with Gasteiger partial charge in [-0.2, -0.15) is 0 Å². The Morgan fingerprint density at radius 3 is 2.32 bits per heavy atom. The zero-order valence-corrected chi connectivity index (χ0v) is 11.1. The molecule has 0 N–H and O–H groups in total. The summed E-state index contributed by atoms with van der Waals surface area (Å²) < 4.78 is 0. The van der Waals surface area contributed by atoms with Gasteiger partial charge in [-0.3, -0.25) is 15.1 Å². The van der Waals surface area contributed by atoms with Crippen molar-refractivity contribution in [2.75, 3.05) is 0 Å². The average Bonchev–Trinajstić information content (AvgIpc) is 2.38. The second-order valence-corrected chi connectivity index (χ2v) is 4.57. The van der Waals surface area contributed by atoms with Crippen molar-refractivity contribution < 1.29 is 4.92 Å². The molecule has 96 valence electrons. The van der Waals surface area contributed by atoms with E-state index in [1.165, 1.54) is 24.4 Å². The van der Waals surface area contributed by atoms with Crippen LogP contribution in [0.25, 0.3) is 0 Å². The predicted octanol–water partition coefficient (Wildman–Crippen LogP) is 4.65. The van der Waals surface area contributed by atoms with E-state index in [-0.39, 0.29) is 5.69 Å². The van der Waals surface area contributed by atoms with Crippen molar-refractivity contribution >= 4 is 40.8 Å². The first-order valence-electron chi connectivity index (χ1n) is 5.30. The van der Waals surface area contributed by atoms with E-state index >= 15 is 0 Å². The molecule has 6 heteroatoms. The molecule has 0 saturated carbocycles. The summed E-state index contributed by atoms with van der Waals surface area (Å²) in [6.07, 6.45) is 1.41. The van der Waals surface area contributed by atoms with Crippen LogP contribution in [0.1, 0.15) is 5.56 Å². The summed E-state index contributed by atoms with van der Waals surface area (Å²) >= 11 is 11.6. The topological polar surface area (TPSA) is 55.5 Å². The van der Waals surface area contributed by atoms with Crippen molar-refractivity contribution in [2.45, 2.75) is 0 Å². The van der Waals surface area contributed by atoms with Crippen molar-refractivity contribution in [2.24, 2.45) is 4.99 Å². The molecule has 0 radical (unpaired) electrons. The maximum atomic E-state index is 10.9. The molecule has 0 saturated heterocycles. The highest BCUT2D eigenvalue weighted by molar-refractivity contribution is 6.31. The van der Waals surface area contributed by atoms with E-state index in [1.54, 1.807) is 24.3 Å². The Morgan fingerprint density at radius 2 is 1.68 bits per heavy atom. The molecule has 0 aliphatic carbocycles. The first-order chi connectivity index (χ1) is 9.06. The smallest absolute Gasteiger partial charge is 0.258 e. The lowest BCUT2D eigenvalue weighted by atomic mass is 10.2. The van der Waals surface area contributed by atoms with Crippen molar-refractivity contribution in [1.29, 1.82) is 0 Å². The number of nitrogens with zero attached hydrogens (tertiary/aromatic N) is 2. The zero-order chi connectivity index (χ0) is 13.8. The summed E-state index contributed by atoms with van der Waals surface area (Å²) in [5.41, 5.74) is 0.966. The highest BCUT2D eigenvalue weighted by Gasteiger charge is 2.11. The van der Waals surface area contributed by atoms with Crippen molar-refractivity contribution in [3.8, 4) is 0 Å². The molecule has 4 nitrogen and oxygen atoms in total. The maximum absolute atomic E-state index is 10.9. The fourth-order valence-electron chi connectivity index (χ4n) is 1.47. The van der Waals surface area contributed by atoms with Crippen LogP contribution in [0.2, 0.25) is 10.0 Å². The molecule has 0 aliphatic rings. The first-order valence-corrected chi connectivity index (χ1v) is 6.05. The number of benzene rings is 2. The largest absolute Gasteiger partial charge is 0.278 e. The zero-order valence-electron chi connectivity index (χ0n) is 9.59. The summed E-state index contributed by atoms with van der Waals surface area (Å²) in [5, 5.41) is 11.9. The molecule has 0 bridgehead atoms. The molecule has 0 atom stereocenters. The number of nitro groups is 1. The van der Waals surface area contributed by atoms with Gasteiger partial charge < -0.3 is 0 Å². The first kappa shape index (κ1) is 13.5. The van der Waals surface area contributed by atoms with Gasteiger partial charge in [-0.25, -0.2) is 0 Å². The molecule has 0 unspecified atom stereocenters. The van der Waals surface area contributed by atoms with Gasteiger partial charge in [0, 0.05) is 22.3 Å². The Labute approximate surface area is 119 Å². The third-order valence-corrected chi connectivity index (χ3v) is 2.85. The van der Waals surface area contributed by atoms with Gasteiger partial charge in [0.05, 0.1) is 16.2 Å². The highest BCUT2D eigenvalue weighted by Crippen LogP contribution is 2.22. The minimum atomic E-state index is -0.473. The summed E-state index contributed by atoms with van der Waals surface area (Å²) in [5.74, 6) is 0. The SMILES string of the molecule is O=[N+]([O-])c1ccc(Cl)cc1C=Nc1ccc(Cl)cc1. The van der Waals surface area contributed by atoms with Crippen LogP contribution in [-0.4, -0.2) is 11.1 Å². The van der Waals surface area contributed by atoms with E-state index in [2.05, 4.69) is 4.99 Å². The molecule has 2 aromatic carbocycles. The van der Waals surface area contributed by atoms with Crippen LogP contribution in [-0.2, 0) is 0 Å². The fraction of sp³-hybridized carbons (Fsp3) is 0. The summed E-state index contributed by atoms with van der Waals surface area (Å²) in [7, 11) is 0. The van der Waals surface area contributed by atoms with E-state index in [9.17, 15) is 10.1 Å². The number of aliphatic imine (C=N–C) groups is 1. The third-order valence-electron chi connectivity index (χ3n) is 2.37. The van der Waals surface area contributed by atoms with E-state index in [1.807, 2.05) is 0 Å². The van der Waals surface area contributed by atoms with Gasteiger partial charge in [0.15, 0.2) is 0 Å². The summed E-state index contributed by atoms with van der Waals surface area (Å²) in [4.78, 5) is 14.6. The molecule has 19 heavy (non-hydrogen) atoms. The number of nitro benzene ring substituents is 1. The van der Waals surface area contributed by atoms with Crippen LogP contribution in [0.15, 0.2) is 47.5 Å². The fourth-order valence-corrected chi connectivity index (χ4v) is 1.77. The van der Waals surface area contributed by atoms with Crippen LogP contribution in [0.3, 0.4) is 0 Å². The standard InChI is InChI=1S/C13H8Cl2N2O2/c14-10-1-4-12(5-2-10)16-8-9-7-11(15)3-6-13(9)17(18)19/h1-8H. The lowest BCUT2D eigenvalue weighted by molar-refractivity contribution is -0.385. The minimum Gasteiger partial charge on any atom is -0.258 e. The maximum Gasteiger partial charge on any atom is 0.278 e. The van der Waals surface area contributed by atoms with Crippen molar-refractivity contribution in [1.82, 2.24) is 0 Å². The highest BCUT2D eigenvalue weighted by atomic mass is 35.5. The Bertz CT molecular complexity index is 640. The molecule has 0 aromatic heterocycles. The quantitative estimate of drug-likeness (QED) is 0.470. The van der Waals surface area contributed by atoms with Crippen molar-refractivity contribution in [3.63, 3.8) is 0 Å². The molecule has 0 amide bonds. The van der Waals surface area contributed by atoms with E-state index in [4.69, 9.17) is 23.2 Å². The summed E-state index contributed by atoms with van der Waals surface area (Å²) in [6.45, 7) is 0. The lowest BCUT2D eigenvalue weighted by Gasteiger charge is -1.98. The number of halogens is 2. The Kier molecular flexibility index (Phi) is 4.14. The molecule has 0 fully saturated rings. The average molecular weight is 295 g/mol. The Hall–Kier alpha value is -1.91. The van der Waals surface area contributed by atoms with Crippen molar-refractivity contribution in [3.05, 3.63) is 68.2 Å². The molecule has 0 heterocycles. The number of hydrogen-bond acceptors (Lipinski definition) is 3. The van der Waals surface area contributed by atoms with Crippen LogP contribution in [0, 0.1) is 10.1 Å². The number of hydrogen-bond donors (Lipinski definition) is 0. The van der Waals surface area contributed by atoms with Crippen LogP contribution in [0.5, 0.6) is 0 Å². The second-order valence-electron chi connectivity index (χ2n) is 3.69. The van der Waals surface area contributed by atoms with Gasteiger partial charge in [0.25, 0.3) is 5.69 Å². The van der Waals surface area contributed by atoms with Gasteiger partial charge in [0.2, 0.25) is 0 Å². The number of rotatable bonds is 3. The molecule has 2 rings (SSSR count). The monoisotopic (exact) mass is 294 g/mol. The van der Waals surface area contributed by atoms with E-state index in [0.717, 1.165) is 0 Å². The van der Waals surface area contributed by atoms with Crippen LogP contribution >= 0.6 is 23.2 Å². The molecular weight excluding hydrogens is 287 g/mol. The molecule has 0 spiro atoms.